The quantitative estimate of drug-likeness (QED) is 0.726. The largest absolute Gasteiger partial charge is 0.444 e. The number of nitrogens with zero attached hydrogens (tertiary/aromatic N) is 2. The Balaban J connectivity index is 1.77. The van der Waals surface area contributed by atoms with Crippen LogP contribution in [0.25, 0.3) is 0 Å². The zero-order valence-corrected chi connectivity index (χ0v) is 20.1. The molecule has 0 saturated carbocycles. The van der Waals surface area contributed by atoms with Gasteiger partial charge < -0.3 is 15.0 Å². The van der Waals surface area contributed by atoms with E-state index in [9.17, 15) is 18.0 Å². The molecule has 2 aliphatic heterocycles. The van der Waals surface area contributed by atoms with Gasteiger partial charge in [0.25, 0.3) is 0 Å². The third kappa shape index (κ3) is 5.79. The van der Waals surface area contributed by atoms with E-state index in [0.29, 0.717) is 5.17 Å². The summed E-state index contributed by atoms with van der Waals surface area (Å²) in [5.41, 5.74) is 2.28. The van der Waals surface area contributed by atoms with Gasteiger partial charge in [0.1, 0.15) is 5.60 Å². The number of anilines is 1. The van der Waals surface area contributed by atoms with E-state index in [0.717, 1.165) is 16.8 Å². The third-order valence-electron chi connectivity index (χ3n) is 4.97. The highest BCUT2D eigenvalue weighted by Crippen LogP contribution is 2.43. The molecule has 0 bridgehead atoms. The summed E-state index contributed by atoms with van der Waals surface area (Å²) in [6.07, 6.45) is -0.558. The van der Waals surface area contributed by atoms with Crippen molar-refractivity contribution in [1.29, 1.82) is 0 Å². The molecule has 31 heavy (non-hydrogen) atoms. The fraction of sp³-hybridized carbons (Fsp3) is 0.571. The van der Waals surface area contributed by atoms with E-state index in [1.807, 2.05) is 36.9 Å². The number of alkyl carbamates (subject to hydrolysis) is 1. The molecule has 0 aliphatic carbocycles. The number of ether oxygens (including phenoxy) is 1. The summed E-state index contributed by atoms with van der Waals surface area (Å²) in [4.78, 5) is 30.5. The van der Waals surface area contributed by atoms with Crippen LogP contribution in [-0.2, 0) is 19.4 Å². The molecule has 1 aromatic carbocycles. The smallest absolute Gasteiger partial charge is 0.407 e. The Morgan fingerprint density at radius 1 is 1.23 bits per heavy atom. The average molecular weight is 468 g/mol. The van der Waals surface area contributed by atoms with Crippen LogP contribution in [0, 0.1) is 13.8 Å². The first-order valence-electron chi connectivity index (χ1n) is 10.2. The van der Waals surface area contributed by atoms with Crippen molar-refractivity contribution >= 4 is 44.5 Å². The number of rotatable bonds is 4. The first-order valence-corrected chi connectivity index (χ1v) is 12.9. The van der Waals surface area contributed by atoms with Crippen LogP contribution in [0.15, 0.2) is 23.2 Å². The molecule has 2 amide bonds. The second-order valence-corrected chi connectivity index (χ2v) is 12.2. The number of thioether (sulfide) groups is 1. The van der Waals surface area contributed by atoms with Gasteiger partial charge in [0.05, 0.1) is 17.5 Å². The molecular weight excluding hydrogens is 438 g/mol. The monoisotopic (exact) mass is 467 g/mol. The van der Waals surface area contributed by atoms with Gasteiger partial charge in [0, 0.05) is 23.9 Å². The van der Waals surface area contributed by atoms with Crippen molar-refractivity contribution in [2.24, 2.45) is 4.99 Å². The molecule has 170 valence electrons. The summed E-state index contributed by atoms with van der Waals surface area (Å²) in [6, 6.07) is 5.63. The maximum Gasteiger partial charge on any atom is 0.407 e. The molecule has 1 N–H and O–H groups in total. The van der Waals surface area contributed by atoms with Crippen molar-refractivity contribution in [3.05, 3.63) is 29.3 Å². The Kier molecular flexibility index (Phi) is 6.71. The standard InChI is InChI=1S/C21H29N3O5S2/c1-13-7-6-8-14(2)18(13)24-15-11-31(27,28)12-16(15)30-19(24)23-17(25)9-10-22-20(26)29-21(3,4)5/h6-8,15-16H,9-12H2,1-5H3,(H,22,26). The summed E-state index contributed by atoms with van der Waals surface area (Å²) in [7, 11) is -3.13. The first-order chi connectivity index (χ1) is 14.4. The minimum Gasteiger partial charge on any atom is -0.444 e. The van der Waals surface area contributed by atoms with E-state index in [1.54, 1.807) is 20.8 Å². The molecule has 2 unspecified atom stereocenters. The molecule has 2 aliphatic rings. The topological polar surface area (TPSA) is 105 Å². The third-order valence-corrected chi connectivity index (χ3v) is 8.18. The van der Waals surface area contributed by atoms with Gasteiger partial charge in [-0.15, -0.1) is 0 Å². The van der Waals surface area contributed by atoms with Crippen LogP contribution in [0.5, 0.6) is 0 Å². The molecule has 3 rings (SSSR count). The van der Waals surface area contributed by atoms with Crippen molar-refractivity contribution in [2.75, 3.05) is 23.0 Å². The number of amides is 2. The minimum atomic E-state index is -3.13. The number of carbonyl (C=O) groups excluding carboxylic acids is 2. The molecule has 10 heteroatoms. The zero-order valence-electron chi connectivity index (χ0n) is 18.5. The van der Waals surface area contributed by atoms with Gasteiger partial charge in [-0.3, -0.25) is 4.79 Å². The molecule has 0 aromatic heterocycles. The SMILES string of the molecule is Cc1cccc(C)c1N1C(=NC(=O)CCNC(=O)OC(C)(C)C)SC2CS(=O)(=O)CC21. The van der Waals surface area contributed by atoms with E-state index < -0.39 is 21.5 Å². The van der Waals surface area contributed by atoms with E-state index in [4.69, 9.17) is 4.74 Å². The van der Waals surface area contributed by atoms with Crippen molar-refractivity contribution < 1.29 is 22.7 Å². The maximum absolute atomic E-state index is 12.5. The van der Waals surface area contributed by atoms with Crippen LogP contribution in [0.1, 0.15) is 38.3 Å². The lowest BCUT2D eigenvalue weighted by Gasteiger charge is -2.28. The molecule has 0 spiro atoms. The molecule has 8 nitrogen and oxygen atoms in total. The number of para-hydroxylation sites is 1. The van der Waals surface area contributed by atoms with Crippen LogP contribution in [0.3, 0.4) is 0 Å². The van der Waals surface area contributed by atoms with Crippen LogP contribution in [0.4, 0.5) is 10.5 Å². The fourth-order valence-electron chi connectivity index (χ4n) is 3.76. The van der Waals surface area contributed by atoms with Gasteiger partial charge >= 0.3 is 6.09 Å². The summed E-state index contributed by atoms with van der Waals surface area (Å²) in [5, 5.41) is 2.92. The Bertz CT molecular complexity index is 994. The zero-order chi connectivity index (χ0) is 23.0. The lowest BCUT2D eigenvalue weighted by molar-refractivity contribution is -0.117. The lowest BCUT2D eigenvalue weighted by atomic mass is 10.1. The van der Waals surface area contributed by atoms with Crippen LogP contribution in [0.2, 0.25) is 0 Å². The predicted molar refractivity (Wildman–Crippen MR) is 124 cm³/mol. The van der Waals surface area contributed by atoms with Crippen molar-refractivity contribution in [2.45, 2.75) is 57.9 Å². The highest BCUT2D eigenvalue weighted by Gasteiger charge is 2.49. The number of hydrogen-bond acceptors (Lipinski definition) is 6. The number of aryl methyl sites for hydroxylation is 2. The van der Waals surface area contributed by atoms with E-state index in [-0.39, 0.29) is 41.7 Å². The highest BCUT2D eigenvalue weighted by atomic mass is 32.2. The van der Waals surface area contributed by atoms with Crippen LogP contribution in [-0.4, -0.2) is 60.5 Å². The minimum absolute atomic E-state index is 0.0253. The van der Waals surface area contributed by atoms with Gasteiger partial charge in [-0.05, 0) is 45.7 Å². The van der Waals surface area contributed by atoms with Gasteiger partial charge in [0.2, 0.25) is 5.91 Å². The number of benzene rings is 1. The highest BCUT2D eigenvalue weighted by molar-refractivity contribution is 8.16. The second-order valence-electron chi connectivity index (χ2n) is 8.88. The Morgan fingerprint density at radius 2 is 1.87 bits per heavy atom. The van der Waals surface area contributed by atoms with Gasteiger partial charge in [-0.1, -0.05) is 30.0 Å². The summed E-state index contributed by atoms with van der Waals surface area (Å²) in [5.74, 6) is -0.249. The average Bonchev–Trinajstić information content (AvgIpc) is 3.05. The van der Waals surface area contributed by atoms with E-state index in [2.05, 4.69) is 10.3 Å². The number of amidine groups is 1. The van der Waals surface area contributed by atoms with E-state index in [1.165, 1.54) is 11.8 Å². The molecule has 2 fully saturated rings. The maximum atomic E-state index is 12.5. The summed E-state index contributed by atoms with van der Waals surface area (Å²) >= 11 is 1.34. The van der Waals surface area contributed by atoms with Crippen molar-refractivity contribution in [3.8, 4) is 0 Å². The molecule has 2 saturated heterocycles. The lowest BCUT2D eigenvalue weighted by Crippen LogP contribution is -2.38. The fourth-order valence-corrected chi connectivity index (χ4v) is 7.68. The van der Waals surface area contributed by atoms with Crippen molar-refractivity contribution in [1.82, 2.24) is 5.32 Å². The Morgan fingerprint density at radius 3 is 2.48 bits per heavy atom. The number of sulfone groups is 1. The molecule has 2 heterocycles. The van der Waals surface area contributed by atoms with Crippen LogP contribution >= 0.6 is 11.8 Å². The van der Waals surface area contributed by atoms with E-state index >= 15 is 0 Å². The number of nitrogens with one attached hydrogen (secondary N) is 1. The number of carbonyl (C=O) groups is 2. The Hall–Kier alpha value is -2.07. The van der Waals surface area contributed by atoms with Gasteiger partial charge in [-0.2, -0.15) is 4.99 Å². The molecular formula is C21H29N3O5S2. The number of hydrogen-bond donors (Lipinski definition) is 1. The Labute approximate surface area is 187 Å². The molecule has 1 aromatic rings. The predicted octanol–water partition coefficient (Wildman–Crippen LogP) is 2.82. The number of fused-ring (bicyclic) bond motifs is 1. The van der Waals surface area contributed by atoms with Gasteiger partial charge in [-0.25, -0.2) is 13.2 Å². The normalized spacial score (nSPS) is 23.6. The first kappa shape index (κ1) is 23.6. The summed E-state index contributed by atoms with van der Waals surface area (Å²) < 4.78 is 29.6. The second kappa shape index (κ2) is 8.82. The van der Waals surface area contributed by atoms with Crippen molar-refractivity contribution in [3.63, 3.8) is 0 Å². The molecule has 2 atom stereocenters. The van der Waals surface area contributed by atoms with Crippen LogP contribution < -0.4 is 10.2 Å². The number of aliphatic imine (C=N–C) groups is 1. The van der Waals surface area contributed by atoms with Gasteiger partial charge in [0.15, 0.2) is 15.0 Å². The summed E-state index contributed by atoms with van der Waals surface area (Å²) in [6.45, 7) is 9.34. The molecule has 0 radical (unpaired) electrons.